The van der Waals surface area contributed by atoms with Crippen molar-refractivity contribution in [1.29, 1.82) is 0 Å². The molecule has 4 N–H and O–H groups in total. The van der Waals surface area contributed by atoms with Crippen molar-refractivity contribution in [1.82, 2.24) is 4.90 Å². The van der Waals surface area contributed by atoms with Gasteiger partial charge in [-0.3, -0.25) is 4.55 Å². The molecule has 3 rings (SSSR count). The molecule has 0 spiro atoms. The van der Waals surface area contributed by atoms with Gasteiger partial charge in [0.05, 0.1) is 9.92 Å². The number of nitrogens with zero attached hydrogens (tertiary/aromatic N) is 1. The third-order valence-corrected chi connectivity index (χ3v) is 5.80. The molecule has 0 saturated carbocycles. The van der Waals surface area contributed by atoms with E-state index in [1.807, 2.05) is 6.92 Å². The number of hydrogen-bond acceptors (Lipinski definition) is 4. The molecule has 1 saturated heterocycles. The van der Waals surface area contributed by atoms with Crippen LogP contribution in [0.15, 0.2) is 47.4 Å². The highest BCUT2D eigenvalue weighted by atomic mass is 35.5. The number of piperidine rings is 1. The van der Waals surface area contributed by atoms with Crippen molar-refractivity contribution in [2.75, 3.05) is 13.1 Å². The van der Waals surface area contributed by atoms with Crippen molar-refractivity contribution in [3.63, 3.8) is 0 Å². The van der Waals surface area contributed by atoms with Crippen LogP contribution in [0.5, 0.6) is 0 Å². The van der Waals surface area contributed by atoms with E-state index < -0.39 is 22.0 Å². The molecule has 1 fully saturated rings. The Labute approximate surface area is 173 Å². The molecule has 1 aliphatic heterocycles. The van der Waals surface area contributed by atoms with E-state index in [0.717, 1.165) is 5.56 Å². The summed E-state index contributed by atoms with van der Waals surface area (Å²) in [5.41, 5.74) is 7.63. The van der Waals surface area contributed by atoms with E-state index in [4.69, 9.17) is 27.0 Å². The molecule has 1 heterocycles. The number of rotatable bonds is 2. The molecule has 0 radical (unpaired) electrons. The number of likely N-dealkylation sites (tertiary alicyclic amines) is 1. The number of carbonyl (C=O) groups is 1. The number of nitrogens with two attached hydrogens (primary N) is 1. The lowest BCUT2D eigenvalue weighted by molar-refractivity contribution is 0.126. The van der Waals surface area contributed by atoms with Crippen molar-refractivity contribution in [3.05, 3.63) is 64.4 Å². The van der Waals surface area contributed by atoms with E-state index in [-0.39, 0.29) is 28.4 Å². The Kier molecular flexibility index (Phi) is 7.59. The quantitative estimate of drug-likeness (QED) is 0.609. The molecule has 2 aromatic rings. The van der Waals surface area contributed by atoms with Gasteiger partial charge in [-0.1, -0.05) is 35.4 Å². The molecule has 2 atom stereocenters. The van der Waals surface area contributed by atoms with Crippen LogP contribution >= 0.6 is 11.6 Å². The first-order valence-corrected chi connectivity index (χ1v) is 10.5. The highest BCUT2D eigenvalue weighted by Crippen LogP contribution is 2.28. The largest absolute Gasteiger partial charge is 0.465 e. The van der Waals surface area contributed by atoms with Gasteiger partial charge < -0.3 is 15.7 Å². The van der Waals surface area contributed by atoms with Gasteiger partial charge in [0, 0.05) is 25.0 Å². The smallest absolute Gasteiger partial charge is 0.407 e. The summed E-state index contributed by atoms with van der Waals surface area (Å²) in [6, 6.07) is 10.3. The summed E-state index contributed by atoms with van der Waals surface area (Å²) < 4.78 is 43.0. The summed E-state index contributed by atoms with van der Waals surface area (Å²) in [6.45, 7) is 2.55. The lowest BCUT2D eigenvalue weighted by Gasteiger charge is -2.35. The van der Waals surface area contributed by atoms with Crippen LogP contribution in [0, 0.1) is 12.7 Å². The van der Waals surface area contributed by atoms with Crippen LogP contribution in [-0.2, 0) is 10.1 Å². The molecule has 10 heteroatoms. The summed E-state index contributed by atoms with van der Waals surface area (Å²) in [5.74, 6) is -0.699. The first-order valence-electron chi connectivity index (χ1n) is 8.71. The molecular formula is C19H22ClFN2O5S. The summed E-state index contributed by atoms with van der Waals surface area (Å²) in [5, 5.41) is 9.03. The van der Waals surface area contributed by atoms with Gasteiger partial charge in [-0.15, -0.1) is 0 Å². The predicted molar refractivity (Wildman–Crippen MR) is 107 cm³/mol. The SMILES string of the molecule is Cc1ccc(S(=O)(=O)O)cc1.N[C@@H]1CCN(C(=O)O)C[C@H]1c1ccc(Cl)c(F)c1. The van der Waals surface area contributed by atoms with Gasteiger partial charge >= 0.3 is 6.09 Å². The van der Waals surface area contributed by atoms with E-state index in [1.54, 1.807) is 18.2 Å². The van der Waals surface area contributed by atoms with Crippen molar-refractivity contribution < 1.29 is 27.3 Å². The lowest BCUT2D eigenvalue weighted by atomic mass is 9.86. The number of aryl methyl sites for hydroxylation is 1. The van der Waals surface area contributed by atoms with Crippen LogP contribution in [-0.4, -0.2) is 48.2 Å². The fraction of sp³-hybridized carbons (Fsp3) is 0.316. The molecule has 0 aromatic heterocycles. The molecule has 1 aliphatic rings. The second-order valence-electron chi connectivity index (χ2n) is 6.75. The van der Waals surface area contributed by atoms with Gasteiger partial charge in [-0.05, 0) is 43.2 Å². The average Bonchev–Trinajstić information content (AvgIpc) is 2.64. The van der Waals surface area contributed by atoms with Gasteiger partial charge in [0.15, 0.2) is 0 Å². The van der Waals surface area contributed by atoms with E-state index in [0.29, 0.717) is 18.5 Å². The lowest BCUT2D eigenvalue weighted by Crippen LogP contribution is -2.47. The Morgan fingerprint density at radius 3 is 2.38 bits per heavy atom. The highest BCUT2D eigenvalue weighted by molar-refractivity contribution is 7.85. The van der Waals surface area contributed by atoms with Gasteiger partial charge in [0.1, 0.15) is 5.82 Å². The van der Waals surface area contributed by atoms with Crippen molar-refractivity contribution in [3.8, 4) is 0 Å². The molecule has 158 valence electrons. The molecule has 7 nitrogen and oxygen atoms in total. The monoisotopic (exact) mass is 444 g/mol. The van der Waals surface area contributed by atoms with Crippen LogP contribution in [0.25, 0.3) is 0 Å². The summed E-state index contributed by atoms with van der Waals surface area (Å²) in [6.07, 6.45) is -0.400. The summed E-state index contributed by atoms with van der Waals surface area (Å²) >= 11 is 5.62. The Morgan fingerprint density at radius 2 is 1.86 bits per heavy atom. The first kappa shape index (κ1) is 23.1. The zero-order chi connectivity index (χ0) is 21.8. The fourth-order valence-electron chi connectivity index (χ4n) is 2.95. The Morgan fingerprint density at radius 1 is 1.24 bits per heavy atom. The first-order chi connectivity index (χ1) is 13.5. The molecule has 29 heavy (non-hydrogen) atoms. The number of amides is 1. The van der Waals surface area contributed by atoms with E-state index >= 15 is 0 Å². The molecule has 0 aliphatic carbocycles. The normalized spacial score (nSPS) is 19.3. The maximum Gasteiger partial charge on any atom is 0.407 e. The summed E-state index contributed by atoms with van der Waals surface area (Å²) in [7, 11) is -4.02. The fourth-order valence-corrected chi connectivity index (χ4v) is 3.55. The minimum Gasteiger partial charge on any atom is -0.465 e. The number of hydrogen-bond donors (Lipinski definition) is 3. The van der Waals surface area contributed by atoms with Crippen molar-refractivity contribution in [2.24, 2.45) is 5.73 Å². The Balaban J connectivity index is 0.000000234. The Hall–Kier alpha value is -2.20. The van der Waals surface area contributed by atoms with E-state index in [9.17, 15) is 17.6 Å². The molecule has 1 amide bonds. The predicted octanol–water partition coefficient (Wildman–Crippen LogP) is 3.52. The maximum atomic E-state index is 13.4. The van der Waals surface area contributed by atoms with Crippen LogP contribution < -0.4 is 5.73 Å². The number of halogens is 2. The zero-order valence-electron chi connectivity index (χ0n) is 15.6. The van der Waals surface area contributed by atoms with Crippen molar-refractivity contribution in [2.45, 2.75) is 30.2 Å². The van der Waals surface area contributed by atoms with Gasteiger partial charge in [-0.2, -0.15) is 8.42 Å². The summed E-state index contributed by atoms with van der Waals surface area (Å²) in [4.78, 5) is 12.2. The number of benzene rings is 2. The van der Waals surface area contributed by atoms with Crippen LogP contribution in [0.2, 0.25) is 5.02 Å². The Bertz CT molecular complexity index is 969. The highest BCUT2D eigenvalue weighted by Gasteiger charge is 2.30. The van der Waals surface area contributed by atoms with Crippen LogP contribution in [0.4, 0.5) is 9.18 Å². The zero-order valence-corrected chi connectivity index (χ0v) is 17.2. The molecule has 2 aromatic carbocycles. The average molecular weight is 445 g/mol. The van der Waals surface area contributed by atoms with Gasteiger partial charge in [-0.25, -0.2) is 9.18 Å². The second-order valence-corrected chi connectivity index (χ2v) is 8.58. The van der Waals surface area contributed by atoms with Crippen molar-refractivity contribution >= 4 is 27.8 Å². The second kappa shape index (κ2) is 9.53. The van der Waals surface area contributed by atoms with Crippen LogP contribution in [0.3, 0.4) is 0 Å². The molecule has 0 bridgehead atoms. The van der Waals surface area contributed by atoms with Gasteiger partial charge in [0.25, 0.3) is 10.1 Å². The van der Waals surface area contributed by atoms with E-state index in [2.05, 4.69) is 0 Å². The minimum atomic E-state index is -4.02. The molecule has 0 unspecified atom stereocenters. The van der Waals surface area contributed by atoms with Crippen LogP contribution in [0.1, 0.15) is 23.5 Å². The molecular weight excluding hydrogens is 423 g/mol. The van der Waals surface area contributed by atoms with Gasteiger partial charge in [0.2, 0.25) is 0 Å². The number of carboxylic acid groups (broad SMARTS) is 1. The third-order valence-electron chi connectivity index (χ3n) is 4.63. The minimum absolute atomic E-state index is 0.0539. The standard InChI is InChI=1S/C12H14ClFN2O2.C7H8O3S/c13-9-2-1-7(5-10(9)14)8-6-16(12(17)18)4-3-11(8)15;1-6-2-4-7(5-3-6)11(8,9)10/h1-2,5,8,11H,3-4,6,15H2,(H,17,18);2-5H,1H3,(H,8,9,10)/t8-,11+;/m0./s1. The topological polar surface area (TPSA) is 121 Å². The van der Waals surface area contributed by atoms with E-state index in [1.165, 1.54) is 29.2 Å². The third kappa shape index (κ3) is 6.40. The maximum absolute atomic E-state index is 13.4.